The molecular weight excluding hydrogens is 512 g/mol. The van der Waals surface area contributed by atoms with Crippen LogP contribution in [0.3, 0.4) is 0 Å². The molecule has 1 saturated heterocycles. The Morgan fingerprint density at radius 3 is 2.91 bits per heavy atom. The summed E-state index contributed by atoms with van der Waals surface area (Å²) in [7, 11) is 1.29. The van der Waals surface area contributed by atoms with Crippen molar-refractivity contribution in [3.05, 3.63) is 46.2 Å². The number of oxime groups is 1. The molecule has 14 heteroatoms. The Morgan fingerprint density at radius 2 is 2.23 bits per heavy atom. The number of thiophene rings is 1. The van der Waals surface area contributed by atoms with E-state index in [-0.39, 0.29) is 22.2 Å². The summed E-state index contributed by atoms with van der Waals surface area (Å²) in [5, 5.41) is 19.7. The predicted octanol–water partition coefficient (Wildman–Crippen LogP) is 1.24. The van der Waals surface area contributed by atoms with Gasteiger partial charge in [-0.05, 0) is 13.0 Å². The van der Waals surface area contributed by atoms with Gasteiger partial charge in [-0.25, -0.2) is 9.78 Å². The van der Waals surface area contributed by atoms with Crippen molar-refractivity contribution in [1.29, 1.82) is 0 Å². The highest BCUT2D eigenvalue weighted by Crippen LogP contribution is 2.39. The number of amides is 2. The second-order valence-corrected chi connectivity index (χ2v) is 10.9. The second kappa shape index (κ2) is 8.94. The summed E-state index contributed by atoms with van der Waals surface area (Å²) in [5.41, 5.74) is 5.63. The fourth-order valence-electron chi connectivity index (χ4n) is 4.02. The Hall–Kier alpha value is -3.49. The van der Waals surface area contributed by atoms with E-state index in [2.05, 4.69) is 21.5 Å². The highest BCUT2D eigenvalue weighted by atomic mass is 32.2. The van der Waals surface area contributed by atoms with E-state index in [0.29, 0.717) is 10.8 Å². The third kappa shape index (κ3) is 4.02. The zero-order valence-corrected chi connectivity index (χ0v) is 20.9. The first-order valence-corrected chi connectivity index (χ1v) is 12.9. The van der Waals surface area contributed by atoms with Crippen molar-refractivity contribution < 1.29 is 28.9 Å². The fraction of sp³-hybridized carbons (Fsp3) is 0.238. The van der Waals surface area contributed by atoms with E-state index in [4.69, 9.17) is 10.6 Å². The smallest absolute Gasteiger partial charge is 0.360 e. The summed E-state index contributed by atoms with van der Waals surface area (Å²) in [6, 6.07) is 2.55. The summed E-state index contributed by atoms with van der Waals surface area (Å²) >= 11 is 4.06. The number of hydrogen-bond donors (Lipinski definition) is 3. The minimum atomic E-state index is -1.22. The van der Waals surface area contributed by atoms with E-state index in [1.165, 1.54) is 23.8 Å². The second-order valence-electron chi connectivity index (χ2n) is 7.72. The molecular formula is C21H19N6O5S3+. The van der Waals surface area contributed by atoms with Crippen LogP contribution in [0.1, 0.15) is 10.6 Å². The molecule has 3 aromatic heterocycles. The lowest BCUT2D eigenvalue weighted by molar-refractivity contribution is -0.572. The third-order valence-electron chi connectivity index (χ3n) is 5.53. The highest BCUT2D eigenvalue weighted by molar-refractivity contribution is 8.07. The maximum atomic E-state index is 13.1. The lowest BCUT2D eigenvalue weighted by Crippen LogP contribution is -2.73. The van der Waals surface area contributed by atoms with Gasteiger partial charge in [0.15, 0.2) is 23.2 Å². The molecule has 2 amide bonds. The first-order chi connectivity index (χ1) is 16.8. The topological polar surface area (TPSA) is 151 Å². The summed E-state index contributed by atoms with van der Waals surface area (Å²) in [6.07, 6.45) is 3.66. The molecule has 0 bridgehead atoms. The molecule has 0 aromatic carbocycles. The molecule has 180 valence electrons. The lowest BCUT2D eigenvalue weighted by atomic mass is 9.94. The molecule has 3 aromatic rings. The first kappa shape index (κ1) is 23.3. The fourth-order valence-corrected chi connectivity index (χ4v) is 6.76. The number of carboxylic acid groups (broad SMARTS) is 1. The van der Waals surface area contributed by atoms with E-state index in [9.17, 15) is 19.5 Å². The highest BCUT2D eigenvalue weighted by Gasteiger charge is 2.56. The number of nitrogen functional groups attached to an aromatic ring is 1. The summed E-state index contributed by atoms with van der Waals surface area (Å²) in [4.78, 5) is 49.4. The van der Waals surface area contributed by atoms with Gasteiger partial charge in [0.1, 0.15) is 18.8 Å². The number of aliphatic carboxylic acids is 1. The minimum Gasteiger partial charge on any atom is -0.476 e. The minimum absolute atomic E-state index is 0.113. The van der Waals surface area contributed by atoms with Crippen LogP contribution in [0.15, 0.2) is 40.8 Å². The first-order valence-electron chi connectivity index (χ1n) is 10.3. The molecule has 2 atom stereocenters. The van der Waals surface area contributed by atoms with Crippen LogP contribution >= 0.6 is 34.4 Å². The van der Waals surface area contributed by atoms with Crippen LogP contribution in [-0.2, 0) is 19.2 Å². The Labute approximate surface area is 210 Å². The number of nitrogens with two attached hydrogens (primary N) is 1. The van der Waals surface area contributed by atoms with Crippen LogP contribution in [0.25, 0.3) is 15.1 Å². The molecule has 2 aliphatic heterocycles. The average molecular weight is 532 g/mol. The summed E-state index contributed by atoms with van der Waals surface area (Å²) in [5.74, 6) is -2.00. The Kier molecular flexibility index (Phi) is 5.94. The number of pyridine rings is 1. The van der Waals surface area contributed by atoms with E-state index in [1.807, 2.05) is 19.2 Å². The standard InChI is InChI=1S/C21H18N6O5S3/c1-9-5-10-3-4-26(6-13(10)35-9)19-16(20(30)31)27-12(8-33-19)15(18(27)29)24-17(28)14(25-32-2)11-7-34-21(22)23-11/h3-7,12,15H,8H2,1-2H3,(H3-,22,23,24,28,30,31)/p+1. The van der Waals surface area contributed by atoms with Crippen molar-refractivity contribution in [2.24, 2.45) is 5.16 Å². The number of carboxylic acids is 1. The molecule has 4 N–H and O–H groups in total. The monoisotopic (exact) mass is 531 g/mol. The number of aryl methyl sites for hydroxylation is 1. The zero-order chi connectivity index (χ0) is 24.9. The van der Waals surface area contributed by atoms with Crippen molar-refractivity contribution in [3.63, 3.8) is 0 Å². The van der Waals surface area contributed by atoms with E-state index < -0.39 is 29.9 Å². The van der Waals surface area contributed by atoms with Gasteiger partial charge in [-0.15, -0.1) is 22.7 Å². The largest absolute Gasteiger partial charge is 0.476 e. The Morgan fingerprint density at radius 1 is 1.43 bits per heavy atom. The summed E-state index contributed by atoms with van der Waals surface area (Å²) in [6.45, 7) is 2.01. The zero-order valence-electron chi connectivity index (χ0n) is 18.4. The molecule has 35 heavy (non-hydrogen) atoms. The molecule has 2 aliphatic rings. The number of anilines is 1. The number of carbonyl (C=O) groups is 3. The molecule has 0 radical (unpaired) electrons. The van der Waals surface area contributed by atoms with Crippen LogP contribution < -0.4 is 15.6 Å². The van der Waals surface area contributed by atoms with Crippen LogP contribution in [0.4, 0.5) is 5.13 Å². The van der Waals surface area contributed by atoms with Gasteiger partial charge in [0.05, 0.1) is 10.7 Å². The van der Waals surface area contributed by atoms with Gasteiger partial charge in [0.2, 0.25) is 5.70 Å². The molecule has 0 spiro atoms. The third-order valence-corrected chi connectivity index (χ3v) is 8.39. The summed E-state index contributed by atoms with van der Waals surface area (Å²) < 4.78 is 2.75. The predicted molar refractivity (Wildman–Crippen MR) is 133 cm³/mol. The van der Waals surface area contributed by atoms with Gasteiger partial charge < -0.3 is 21.0 Å². The quantitative estimate of drug-likeness (QED) is 0.186. The van der Waals surface area contributed by atoms with Crippen molar-refractivity contribution in [1.82, 2.24) is 15.2 Å². The molecule has 2 unspecified atom stereocenters. The molecule has 11 nitrogen and oxygen atoms in total. The van der Waals surface area contributed by atoms with E-state index in [1.54, 1.807) is 27.5 Å². The van der Waals surface area contributed by atoms with Crippen molar-refractivity contribution >= 4 is 78.2 Å². The number of fused-ring (bicyclic) bond motifs is 2. The Balaban J connectivity index is 1.42. The number of thiazole rings is 1. The number of hydrogen-bond acceptors (Lipinski definition) is 10. The van der Waals surface area contributed by atoms with Crippen LogP contribution in [0.2, 0.25) is 0 Å². The van der Waals surface area contributed by atoms with E-state index >= 15 is 0 Å². The van der Waals surface area contributed by atoms with Crippen LogP contribution in [0.5, 0.6) is 0 Å². The van der Waals surface area contributed by atoms with Gasteiger partial charge in [0.25, 0.3) is 16.8 Å². The Bertz CT molecular complexity index is 1440. The van der Waals surface area contributed by atoms with Gasteiger partial charge in [0, 0.05) is 27.5 Å². The number of nitrogens with one attached hydrogen (secondary N) is 1. The molecule has 5 rings (SSSR count). The lowest BCUT2D eigenvalue weighted by Gasteiger charge is -2.48. The maximum Gasteiger partial charge on any atom is 0.360 e. The van der Waals surface area contributed by atoms with Gasteiger partial charge in [-0.2, -0.15) is 4.57 Å². The number of thioether (sulfide) groups is 1. The van der Waals surface area contributed by atoms with Gasteiger partial charge in [-0.1, -0.05) is 16.9 Å². The van der Waals surface area contributed by atoms with Crippen molar-refractivity contribution in [2.75, 3.05) is 18.6 Å². The van der Waals surface area contributed by atoms with Crippen LogP contribution in [-0.4, -0.2) is 63.4 Å². The molecule has 0 saturated carbocycles. The molecule has 0 aliphatic carbocycles. The number of nitrogens with zero attached hydrogens (tertiary/aromatic N) is 4. The normalized spacial score (nSPS) is 20.0. The van der Waals surface area contributed by atoms with Crippen molar-refractivity contribution in [2.45, 2.75) is 19.0 Å². The van der Waals surface area contributed by atoms with Crippen LogP contribution in [0, 0.1) is 6.92 Å². The molecule has 1 fully saturated rings. The average Bonchev–Trinajstić information content (AvgIpc) is 3.43. The van der Waals surface area contributed by atoms with Gasteiger partial charge >= 0.3 is 5.97 Å². The number of β-lactam (4-membered cyclic amide) rings is 1. The van der Waals surface area contributed by atoms with Crippen molar-refractivity contribution in [3.8, 4) is 0 Å². The number of carbonyl (C=O) groups excluding carboxylic acids is 2. The maximum absolute atomic E-state index is 13.1. The van der Waals surface area contributed by atoms with E-state index in [0.717, 1.165) is 26.3 Å². The molecule has 5 heterocycles. The number of aromatic nitrogens is 2. The SMILES string of the molecule is CON=C(C(=O)NC1C(=O)N2C(C(=O)O)=C([n+]3ccc4cc(C)sc4c3)SCC12)c1csc(N)n1. The van der Waals surface area contributed by atoms with Gasteiger partial charge in [-0.3, -0.25) is 14.5 Å². The number of rotatable bonds is 6.